The summed E-state index contributed by atoms with van der Waals surface area (Å²) >= 11 is 0. The summed E-state index contributed by atoms with van der Waals surface area (Å²) in [5.41, 5.74) is 5.65. The second-order valence-electron chi connectivity index (χ2n) is 7.72. The van der Waals surface area contributed by atoms with Crippen LogP contribution in [0.25, 0.3) is 0 Å². The van der Waals surface area contributed by atoms with E-state index in [1.807, 2.05) is 18.2 Å². The Hall–Kier alpha value is -2.29. The topological polar surface area (TPSA) is 21.3 Å². The first-order valence-corrected chi connectivity index (χ1v) is 10.3. The van der Waals surface area contributed by atoms with Gasteiger partial charge in [0.25, 0.3) is 0 Å². The fourth-order valence-electron chi connectivity index (χ4n) is 4.36. The number of hydrogen-bond donors (Lipinski definition) is 1. The van der Waals surface area contributed by atoms with E-state index in [-0.39, 0.29) is 12.4 Å². The van der Waals surface area contributed by atoms with E-state index in [1.165, 1.54) is 29.5 Å². The van der Waals surface area contributed by atoms with Crippen LogP contribution in [0.5, 0.6) is 5.75 Å². The summed E-state index contributed by atoms with van der Waals surface area (Å²) in [4.78, 5) is 0. The van der Waals surface area contributed by atoms with Crippen molar-refractivity contribution in [2.24, 2.45) is 0 Å². The fraction of sp³-hybridized carbons (Fsp3) is 0.308. The fourth-order valence-corrected chi connectivity index (χ4v) is 4.36. The Balaban J connectivity index is 0.00000240. The lowest BCUT2D eigenvalue weighted by Crippen LogP contribution is -2.29. The third kappa shape index (κ3) is 5.41. The van der Waals surface area contributed by atoms with E-state index in [2.05, 4.69) is 73.0 Å². The van der Waals surface area contributed by atoms with Gasteiger partial charge in [0.15, 0.2) is 0 Å². The molecule has 0 saturated heterocycles. The lowest BCUT2D eigenvalue weighted by atomic mass is 9.91. The minimum atomic E-state index is 0. The van der Waals surface area contributed by atoms with Crippen LogP contribution in [0.3, 0.4) is 0 Å². The Kier molecular flexibility index (Phi) is 7.74. The SMILES string of the molecule is CN[C@H]1Cc2ccccc2[C@H]1CCCc1ccc(OCc2ccccc2)cc1.Cl. The van der Waals surface area contributed by atoms with Gasteiger partial charge >= 0.3 is 0 Å². The van der Waals surface area contributed by atoms with Gasteiger partial charge in [-0.15, -0.1) is 12.4 Å². The molecule has 0 amide bonds. The molecule has 0 heterocycles. The molecule has 0 unspecified atom stereocenters. The van der Waals surface area contributed by atoms with Gasteiger partial charge in [-0.1, -0.05) is 66.7 Å². The summed E-state index contributed by atoms with van der Waals surface area (Å²) in [7, 11) is 2.09. The van der Waals surface area contributed by atoms with Crippen molar-refractivity contribution in [2.45, 2.75) is 44.2 Å². The predicted octanol–water partition coefficient (Wildman–Crippen LogP) is 5.94. The Morgan fingerprint density at radius 2 is 1.59 bits per heavy atom. The molecule has 0 aromatic heterocycles. The zero-order valence-corrected chi connectivity index (χ0v) is 17.8. The van der Waals surface area contributed by atoms with Crippen LogP contribution in [0.15, 0.2) is 78.9 Å². The zero-order chi connectivity index (χ0) is 19.2. The monoisotopic (exact) mass is 407 g/mol. The molecule has 3 aromatic carbocycles. The number of halogens is 1. The average molecular weight is 408 g/mol. The van der Waals surface area contributed by atoms with E-state index >= 15 is 0 Å². The lowest BCUT2D eigenvalue weighted by Gasteiger charge is -2.20. The van der Waals surface area contributed by atoms with Gasteiger partial charge < -0.3 is 10.1 Å². The van der Waals surface area contributed by atoms with E-state index in [1.54, 1.807) is 5.56 Å². The summed E-state index contributed by atoms with van der Waals surface area (Å²) in [6.07, 6.45) is 4.72. The van der Waals surface area contributed by atoms with Crippen LogP contribution in [0.2, 0.25) is 0 Å². The Bertz CT molecular complexity index is 879. The van der Waals surface area contributed by atoms with Crippen LogP contribution >= 0.6 is 12.4 Å². The molecule has 0 spiro atoms. The highest BCUT2D eigenvalue weighted by molar-refractivity contribution is 5.85. The largest absolute Gasteiger partial charge is 0.489 e. The number of nitrogens with one attached hydrogen (secondary N) is 1. The van der Waals surface area contributed by atoms with Gasteiger partial charge in [0.05, 0.1) is 0 Å². The molecule has 0 saturated carbocycles. The maximum atomic E-state index is 5.89. The zero-order valence-electron chi connectivity index (χ0n) is 17.0. The summed E-state index contributed by atoms with van der Waals surface area (Å²) in [5, 5.41) is 3.53. The minimum Gasteiger partial charge on any atom is -0.489 e. The number of fused-ring (bicyclic) bond motifs is 1. The summed E-state index contributed by atoms with van der Waals surface area (Å²) in [6, 6.07) is 28.4. The molecule has 2 atom stereocenters. The van der Waals surface area contributed by atoms with Crippen LogP contribution < -0.4 is 10.1 Å². The summed E-state index contributed by atoms with van der Waals surface area (Å²) < 4.78 is 5.89. The number of likely N-dealkylation sites (N-methyl/N-ethyl adjacent to an activating group) is 1. The van der Waals surface area contributed by atoms with Gasteiger partial charge in [0, 0.05) is 6.04 Å². The van der Waals surface area contributed by atoms with E-state index in [0.717, 1.165) is 18.6 Å². The second kappa shape index (κ2) is 10.5. The van der Waals surface area contributed by atoms with Crippen molar-refractivity contribution in [3.8, 4) is 5.75 Å². The molecule has 0 aliphatic heterocycles. The molecule has 1 aliphatic carbocycles. The van der Waals surface area contributed by atoms with Crippen LogP contribution in [0.4, 0.5) is 0 Å². The highest BCUT2D eigenvalue weighted by Gasteiger charge is 2.30. The molecule has 2 nitrogen and oxygen atoms in total. The van der Waals surface area contributed by atoms with Gasteiger partial charge in [0.2, 0.25) is 0 Å². The number of rotatable bonds is 8. The predicted molar refractivity (Wildman–Crippen MR) is 123 cm³/mol. The smallest absolute Gasteiger partial charge is 0.119 e. The number of aryl methyl sites for hydroxylation is 1. The number of ether oxygens (including phenoxy) is 1. The van der Waals surface area contributed by atoms with E-state index in [4.69, 9.17) is 4.74 Å². The molecular formula is C26H30ClNO. The normalized spacial score (nSPS) is 17.4. The molecule has 0 bridgehead atoms. The molecule has 0 fully saturated rings. The molecule has 152 valence electrons. The van der Waals surface area contributed by atoms with Gasteiger partial charge in [-0.05, 0) is 73.0 Å². The van der Waals surface area contributed by atoms with Crippen molar-refractivity contribution >= 4 is 12.4 Å². The highest BCUT2D eigenvalue weighted by atomic mass is 35.5. The first-order valence-electron chi connectivity index (χ1n) is 10.3. The molecule has 3 aromatic rings. The van der Waals surface area contributed by atoms with Crippen LogP contribution in [0.1, 0.15) is 41.0 Å². The van der Waals surface area contributed by atoms with Crippen LogP contribution in [-0.4, -0.2) is 13.1 Å². The van der Waals surface area contributed by atoms with Gasteiger partial charge in [-0.3, -0.25) is 0 Å². The van der Waals surface area contributed by atoms with Crippen LogP contribution in [-0.2, 0) is 19.4 Å². The second-order valence-corrected chi connectivity index (χ2v) is 7.72. The van der Waals surface area contributed by atoms with Crippen molar-refractivity contribution in [3.63, 3.8) is 0 Å². The molecule has 29 heavy (non-hydrogen) atoms. The number of benzene rings is 3. The van der Waals surface area contributed by atoms with E-state index < -0.39 is 0 Å². The van der Waals surface area contributed by atoms with Gasteiger partial charge in [-0.2, -0.15) is 0 Å². The maximum Gasteiger partial charge on any atom is 0.119 e. The minimum absolute atomic E-state index is 0. The molecule has 1 N–H and O–H groups in total. The van der Waals surface area contributed by atoms with Gasteiger partial charge in [0.1, 0.15) is 12.4 Å². The average Bonchev–Trinajstić information content (AvgIpc) is 3.12. The van der Waals surface area contributed by atoms with E-state index in [9.17, 15) is 0 Å². The van der Waals surface area contributed by atoms with Gasteiger partial charge in [-0.25, -0.2) is 0 Å². The molecule has 0 radical (unpaired) electrons. The van der Waals surface area contributed by atoms with Crippen molar-refractivity contribution in [2.75, 3.05) is 7.05 Å². The summed E-state index contributed by atoms with van der Waals surface area (Å²) in [6.45, 7) is 0.618. The Morgan fingerprint density at radius 3 is 2.34 bits per heavy atom. The lowest BCUT2D eigenvalue weighted by molar-refractivity contribution is 0.306. The Labute approximate surface area is 180 Å². The first kappa shape index (κ1) is 21.4. The molecule has 1 aliphatic rings. The maximum absolute atomic E-state index is 5.89. The van der Waals surface area contributed by atoms with Crippen molar-refractivity contribution in [3.05, 3.63) is 101 Å². The molecule has 4 rings (SSSR count). The molecular weight excluding hydrogens is 378 g/mol. The standard InChI is InChI=1S/C26H29NO.ClH/c1-27-26-18-22-11-5-6-12-24(22)25(26)13-7-10-20-14-16-23(17-15-20)28-19-21-8-3-2-4-9-21;/h2-6,8-9,11-12,14-17,25-27H,7,10,13,18-19H2,1H3;1H/t25-,26+;/m1./s1. The van der Waals surface area contributed by atoms with Crippen molar-refractivity contribution < 1.29 is 4.74 Å². The quantitative estimate of drug-likeness (QED) is 0.499. The van der Waals surface area contributed by atoms with Crippen molar-refractivity contribution in [1.82, 2.24) is 5.32 Å². The third-order valence-electron chi connectivity index (χ3n) is 5.90. The van der Waals surface area contributed by atoms with Crippen LogP contribution in [0, 0.1) is 0 Å². The van der Waals surface area contributed by atoms with Crippen molar-refractivity contribution in [1.29, 1.82) is 0 Å². The molecule has 3 heteroatoms. The first-order chi connectivity index (χ1) is 13.8. The highest BCUT2D eigenvalue weighted by Crippen LogP contribution is 2.36. The Morgan fingerprint density at radius 1 is 0.862 bits per heavy atom. The number of hydrogen-bond acceptors (Lipinski definition) is 2. The van der Waals surface area contributed by atoms with E-state index in [0.29, 0.717) is 18.6 Å². The third-order valence-corrected chi connectivity index (χ3v) is 5.90. The summed E-state index contributed by atoms with van der Waals surface area (Å²) in [5.74, 6) is 1.57.